The van der Waals surface area contributed by atoms with Gasteiger partial charge in [-0.05, 0) is 95.8 Å². The van der Waals surface area contributed by atoms with Crippen LogP contribution >= 0.6 is 7.26 Å². The first-order valence-electron chi connectivity index (χ1n) is 17.1. The molecule has 1 saturated carbocycles. The van der Waals surface area contributed by atoms with Gasteiger partial charge in [0, 0.05) is 0 Å². The standard InChI is InChI=1S/C44H46O2P/c1-33(2)42-30-19-34(3)31-43(42)46-44(45)38-28-26-36(27-29-38)21-20-35-22-24-37(25-23-35)32-47(39-13-7-4-8-14-39,40-15-9-5-10-16-40)41-17-11-6-12-18-41/h4-18,20-29,33-34,42-43H,19,30-32H2,1-3H3/q+1/b21-20+/t34-,42+,43-/m0/s1. The average Bonchev–Trinajstić information content (AvgIpc) is 3.11. The third kappa shape index (κ3) is 7.66. The Bertz CT molecular complexity index is 1650. The summed E-state index contributed by atoms with van der Waals surface area (Å²) in [5.41, 5.74) is 4.14. The van der Waals surface area contributed by atoms with Crippen LogP contribution < -0.4 is 15.9 Å². The van der Waals surface area contributed by atoms with Gasteiger partial charge in [-0.3, -0.25) is 0 Å². The smallest absolute Gasteiger partial charge is 0.338 e. The van der Waals surface area contributed by atoms with Crippen LogP contribution in [0.2, 0.25) is 0 Å². The van der Waals surface area contributed by atoms with Crippen molar-refractivity contribution in [2.75, 3.05) is 0 Å². The molecule has 0 N–H and O–H groups in total. The van der Waals surface area contributed by atoms with E-state index in [1.165, 1.54) is 27.9 Å². The quantitative estimate of drug-likeness (QED) is 0.0866. The average molecular weight is 638 g/mol. The molecule has 0 saturated heterocycles. The number of hydrogen-bond donors (Lipinski definition) is 0. The summed E-state index contributed by atoms with van der Waals surface area (Å²) < 4.78 is 6.07. The van der Waals surface area contributed by atoms with E-state index in [-0.39, 0.29) is 12.1 Å². The zero-order valence-corrected chi connectivity index (χ0v) is 28.7. The molecule has 1 fully saturated rings. The monoisotopic (exact) mass is 637 g/mol. The van der Waals surface area contributed by atoms with Crippen LogP contribution in [-0.2, 0) is 10.9 Å². The van der Waals surface area contributed by atoms with Crippen molar-refractivity contribution in [2.45, 2.75) is 52.3 Å². The van der Waals surface area contributed by atoms with Gasteiger partial charge in [-0.1, -0.05) is 130 Å². The van der Waals surface area contributed by atoms with Crippen LogP contribution in [0.25, 0.3) is 12.2 Å². The molecule has 3 atom stereocenters. The van der Waals surface area contributed by atoms with E-state index in [9.17, 15) is 4.79 Å². The third-order valence-electron chi connectivity index (χ3n) is 9.82. The second-order valence-electron chi connectivity index (χ2n) is 13.4. The lowest BCUT2D eigenvalue weighted by Crippen LogP contribution is -2.35. The maximum Gasteiger partial charge on any atom is 0.338 e. The van der Waals surface area contributed by atoms with Crippen LogP contribution in [0.15, 0.2) is 140 Å². The van der Waals surface area contributed by atoms with Crippen LogP contribution in [0, 0.1) is 17.8 Å². The summed E-state index contributed by atoms with van der Waals surface area (Å²) in [5.74, 6) is 1.35. The van der Waals surface area contributed by atoms with Crippen molar-refractivity contribution in [1.82, 2.24) is 0 Å². The SMILES string of the molecule is CC(C)[C@H]1CC[C@H](C)C[C@@H]1OC(=O)c1ccc(/C=C/c2ccc(C[P+](c3ccccc3)(c3ccccc3)c3ccccc3)cc2)cc1. The topological polar surface area (TPSA) is 26.3 Å². The molecule has 0 heterocycles. The molecular formula is C44H46O2P+. The van der Waals surface area contributed by atoms with Crippen molar-refractivity contribution >= 4 is 41.3 Å². The normalized spacial score (nSPS) is 18.3. The summed E-state index contributed by atoms with van der Waals surface area (Å²) in [6, 6.07) is 49.9. The maximum atomic E-state index is 13.0. The van der Waals surface area contributed by atoms with E-state index in [1.54, 1.807) is 0 Å². The molecule has 3 heteroatoms. The van der Waals surface area contributed by atoms with E-state index in [0.717, 1.165) is 30.1 Å². The highest BCUT2D eigenvalue weighted by Gasteiger charge is 2.45. The van der Waals surface area contributed by atoms with E-state index in [0.29, 0.717) is 23.3 Å². The van der Waals surface area contributed by atoms with Gasteiger partial charge in [0.1, 0.15) is 29.3 Å². The Balaban J connectivity index is 1.18. The number of hydrogen-bond acceptors (Lipinski definition) is 2. The predicted octanol–water partition coefficient (Wildman–Crippen LogP) is 9.97. The van der Waals surface area contributed by atoms with Gasteiger partial charge in [-0.25, -0.2) is 4.79 Å². The highest BCUT2D eigenvalue weighted by Crippen LogP contribution is 2.58. The number of carbonyl (C=O) groups excluding carboxylic acids is 1. The Kier molecular flexibility index (Phi) is 10.5. The lowest BCUT2D eigenvalue weighted by atomic mass is 9.75. The van der Waals surface area contributed by atoms with Crippen molar-refractivity contribution in [1.29, 1.82) is 0 Å². The van der Waals surface area contributed by atoms with Gasteiger partial charge in [-0.15, -0.1) is 0 Å². The molecule has 6 rings (SSSR count). The Morgan fingerprint density at radius 1 is 0.681 bits per heavy atom. The first-order chi connectivity index (χ1) is 22.9. The molecule has 47 heavy (non-hydrogen) atoms. The lowest BCUT2D eigenvalue weighted by molar-refractivity contribution is -0.0174. The van der Waals surface area contributed by atoms with E-state index >= 15 is 0 Å². The largest absolute Gasteiger partial charge is 0.458 e. The third-order valence-corrected chi connectivity index (χ3v) is 14.2. The van der Waals surface area contributed by atoms with Crippen molar-refractivity contribution < 1.29 is 9.53 Å². The lowest BCUT2D eigenvalue weighted by Gasteiger charge is -2.36. The van der Waals surface area contributed by atoms with Crippen molar-refractivity contribution in [3.63, 3.8) is 0 Å². The molecule has 5 aromatic rings. The molecule has 0 spiro atoms. The van der Waals surface area contributed by atoms with E-state index < -0.39 is 7.26 Å². The fraction of sp³-hybridized carbons (Fsp3) is 0.250. The fourth-order valence-corrected chi connectivity index (χ4v) is 11.4. The fourth-order valence-electron chi connectivity index (χ4n) is 7.16. The van der Waals surface area contributed by atoms with Crippen LogP contribution in [0.4, 0.5) is 0 Å². The van der Waals surface area contributed by atoms with Crippen molar-refractivity contribution in [3.8, 4) is 0 Å². The Hall–Kier alpha value is -4.26. The molecule has 0 bridgehead atoms. The predicted molar refractivity (Wildman–Crippen MR) is 201 cm³/mol. The number of rotatable bonds is 10. The Morgan fingerprint density at radius 3 is 1.62 bits per heavy atom. The molecule has 1 aliphatic rings. The van der Waals surface area contributed by atoms with Gasteiger partial charge in [0.05, 0.1) is 11.7 Å². The molecule has 0 unspecified atom stereocenters. The van der Waals surface area contributed by atoms with E-state index in [4.69, 9.17) is 4.74 Å². The van der Waals surface area contributed by atoms with Crippen LogP contribution in [0.5, 0.6) is 0 Å². The zero-order chi connectivity index (χ0) is 32.6. The summed E-state index contributed by atoms with van der Waals surface area (Å²) in [5, 5.41) is 4.17. The number of benzene rings is 5. The van der Waals surface area contributed by atoms with Crippen molar-refractivity contribution in [2.24, 2.45) is 17.8 Å². The molecule has 0 aromatic heterocycles. The van der Waals surface area contributed by atoms with E-state index in [2.05, 4.69) is 148 Å². The van der Waals surface area contributed by atoms with Gasteiger partial charge in [0.15, 0.2) is 0 Å². The molecule has 0 amide bonds. The molecule has 1 aliphatic carbocycles. The van der Waals surface area contributed by atoms with Gasteiger partial charge >= 0.3 is 5.97 Å². The summed E-state index contributed by atoms with van der Waals surface area (Å²) in [6.45, 7) is 6.75. The summed E-state index contributed by atoms with van der Waals surface area (Å²) in [7, 11) is -1.95. The Morgan fingerprint density at radius 2 is 1.15 bits per heavy atom. The van der Waals surface area contributed by atoms with E-state index in [1.807, 2.05) is 24.3 Å². The molecule has 0 radical (unpaired) electrons. The number of esters is 1. The minimum Gasteiger partial charge on any atom is -0.458 e. The first kappa shape index (κ1) is 32.7. The molecular weight excluding hydrogens is 591 g/mol. The highest BCUT2D eigenvalue weighted by molar-refractivity contribution is 7.95. The van der Waals surface area contributed by atoms with Gasteiger partial charge in [0.25, 0.3) is 0 Å². The second-order valence-corrected chi connectivity index (χ2v) is 16.9. The number of carbonyl (C=O) groups is 1. The molecule has 5 aromatic carbocycles. The highest BCUT2D eigenvalue weighted by atomic mass is 31.2. The molecule has 0 aliphatic heterocycles. The summed E-state index contributed by atoms with van der Waals surface area (Å²) in [4.78, 5) is 13.0. The zero-order valence-electron chi connectivity index (χ0n) is 27.8. The summed E-state index contributed by atoms with van der Waals surface area (Å²) >= 11 is 0. The van der Waals surface area contributed by atoms with Crippen LogP contribution in [0.3, 0.4) is 0 Å². The first-order valence-corrected chi connectivity index (χ1v) is 19.0. The Labute approximate surface area is 281 Å². The second kappa shape index (κ2) is 15.1. The minimum atomic E-state index is -1.95. The number of ether oxygens (including phenoxy) is 1. The molecule has 2 nitrogen and oxygen atoms in total. The summed E-state index contributed by atoms with van der Waals surface area (Å²) in [6.07, 6.45) is 8.52. The van der Waals surface area contributed by atoms with Gasteiger partial charge < -0.3 is 4.74 Å². The van der Waals surface area contributed by atoms with Crippen LogP contribution in [-0.4, -0.2) is 12.1 Å². The maximum absolute atomic E-state index is 13.0. The molecule has 238 valence electrons. The van der Waals surface area contributed by atoms with Gasteiger partial charge in [0.2, 0.25) is 0 Å². The van der Waals surface area contributed by atoms with Crippen molar-refractivity contribution in [3.05, 3.63) is 162 Å². The van der Waals surface area contributed by atoms with Gasteiger partial charge in [-0.2, -0.15) is 0 Å². The minimum absolute atomic E-state index is 0.00849. The van der Waals surface area contributed by atoms with Crippen LogP contribution in [0.1, 0.15) is 67.1 Å².